The largest absolute Gasteiger partial charge is 0.456 e. The molecule has 0 spiro atoms. The number of anilines is 2. The van der Waals surface area contributed by atoms with Crippen LogP contribution in [-0.4, -0.2) is 17.6 Å². The molecular formula is C19H22Cl2N2O3S. The molecule has 0 saturated heterocycles. The van der Waals surface area contributed by atoms with Crippen LogP contribution >= 0.6 is 34.5 Å². The maximum atomic E-state index is 12.5. The van der Waals surface area contributed by atoms with Gasteiger partial charge < -0.3 is 10.1 Å². The van der Waals surface area contributed by atoms with Crippen molar-refractivity contribution in [2.75, 3.05) is 10.6 Å². The third-order valence-electron chi connectivity index (χ3n) is 3.33. The minimum Gasteiger partial charge on any atom is -0.456 e. The van der Waals surface area contributed by atoms with Crippen LogP contribution in [0.5, 0.6) is 0 Å². The molecule has 146 valence electrons. The van der Waals surface area contributed by atoms with Crippen LogP contribution in [0.1, 0.15) is 49.4 Å². The van der Waals surface area contributed by atoms with Crippen molar-refractivity contribution in [1.29, 1.82) is 0 Å². The molecule has 0 aliphatic heterocycles. The van der Waals surface area contributed by atoms with E-state index in [0.29, 0.717) is 26.3 Å². The zero-order valence-corrected chi connectivity index (χ0v) is 17.9. The molecule has 2 N–H and O–H groups in total. The molecule has 0 aliphatic rings. The first-order valence-corrected chi connectivity index (χ1v) is 10.1. The van der Waals surface area contributed by atoms with Crippen molar-refractivity contribution in [2.24, 2.45) is 0 Å². The lowest BCUT2D eigenvalue weighted by molar-refractivity contribution is 0.00712. The first kappa shape index (κ1) is 21.5. The topological polar surface area (TPSA) is 67.4 Å². The molecule has 8 heteroatoms. The molecule has 1 heterocycles. The van der Waals surface area contributed by atoms with E-state index in [4.69, 9.17) is 27.9 Å². The lowest BCUT2D eigenvalue weighted by atomic mass is 10.2. The molecule has 27 heavy (non-hydrogen) atoms. The number of aryl methyl sites for hydroxylation is 1. The number of thiophene rings is 1. The average Bonchev–Trinajstić information content (AvgIpc) is 2.92. The van der Waals surface area contributed by atoms with Gasteiger partial charge in [0, 0.05) is 4.88 Å². The Morgan fingerprint density at radius 2 is 1.78 bits per heavy atom. The fraction of sp³-hybridized carbons (Fsp3) is 0.368. The van der Waals surface area contributed by atoms with Crippen molar-refractivity contribution < 1.29 is 14.3 Å². The van der Waals surface area contributed by atoms with Crippen molar-refractivity contribution in [3.05, 3.63) is 44.8 Å². The highest BCUT2D eigenvalue weighted by Gasteiger charge is 2.24. The lowest BCUT2D eigenvalue weighted by Gasteiger charge is -2.19. The van der Waals surface area contributed by atoms with E-state index >= 15 is 0 Å². The molecule has 5 nitrogen and oxygen atoms in total. The minimum absolute atomic E-state index is 0.308. The number of carbonyl (C=O) groups is 2. The predicted octanol–water partition coefficient (Wildman–Crippen LogP) is 6.61. The van der Waals surface area contributed by atoms with E-state index in [2.05, 4.69) is 10.6 Å². The molecule has 0 aliphatic carbocycles. The van der Waals surface area contributed by atoms with E-state index in [1.165, 1.54) is 11.3 Å². The molecule has 0 unspecified atom stereocenters. The average molecular weight is 429 g/mol. The molecule has 2 aromatic rings. The highest BCUT2D eigenvalue weighted by Crippen LogP contribution is 2.33. The number of rotatable bonds is 5. The van der Waals surface area contributed by atoms with Gasteiger partial charge in [0.1, 0.15) is 10.6 Å². The summed E-state index contributed by atoms with van der Waals surface area (Å²) in [6, 6.07) is 6.16. The van der Waals surface area contributed by atoms with Gasteiger partial charge in [-0.05, 0) is 45.4 Å². The third-order valence-corrected chi connectivity index (χ3v) is 5.07. The van der Waals surface area contributed by atoms with Gasteiger partial charge in [-0.3, -0.25) is 5.32 Å². The standard InChI is InChI=1S/C19H22Cl2N2O3S/c1-5-7-11-10-12(17(24)26-19(2,3)4)16(27-11)23-18(25)22-15-13(20)8-6-9-14(15)21/h6,8-10H,5,7H2,1-4H3,(H2,22,23,25). The second-order valence-electron chi connectivity index (χ2n) is 6.88. The van der Waals surface area contributed by atoms with Gasteiger partial charge in [-0.25, -0.2) is 9.59 Å². The van der Waals surface area contributed by atoms with Crippen LogP contribution in [0.15, 0.2) is 24.3 Å². The number of hydrogen-bond donors (Lipinski definition) is 2. The normalized spacial score (nSPS) is 11.2. The van der Waals surface area contributed by atoms with E-state index in [1.54, 1.807) is 45.0 Å². The second-order valence-corrected chi connectivity index (χ2v) is 8.83. The highest BCUT2D eigenvalue weighted by molar-refractivity contribution is 7.16. The number of amides is 2. The molecule has 0 radical (unpaired) electrons. The van der Waals surface area contributed by atoms with E-state index in [-0.39, 0.29) is 0 Å². The van der Waals surface area contributed by atoms with E-state index in [0.717, 1.165) is 17.7 Å². The smallest absolute Gasteiger partial charge is 0.341 e. The molecule has 0 fully saturated rings. The van der Waals surface area contributed by atoms with Crippen LogP contribution in [0.25, 0.3) is 0 Å². The van der Waals surface area contributed by atoms with Crippen LogP contribution < -0.4 is 10.6 Å². The maximum Gasteiger partial charge on any atom is 0.341 e. The number of ether oxygens (including phenoxy) is 1. The van der Waals surface area contributed by atoms with Gasteiger partial charge >= 0.3 is 12.0 Å². The summed E-state index contributed by atoms with van der Waals surface area (Å²) in [6.07, 6.45) is 1.73. The number of carbonyl (C=O) groups excluding carboxylic acids is 2. The summed E-state index contributed by atoms with van der Waals surface area (Å²) in [4.78, 5) is 25.9. The van der Waals surface area contributed by atoms with Gasteiger partial charge in [0.05, 0.1) is 21.3 Å². The predicted molar refractivity (Wildman–Crippen MR) is 113 cm³/mol. The molecule has 1 aromatic carbocycles. The Labute approximate surface area is 173 Å². The summed E-state index contributed by atoms with van der Waals surface area (Å²) < 4.78 is 5.45. The van der Waals surface area contributed by atoms with Crippen molar-refractivity contribution >= 4 is 57.2 Å². The Morgan fingerprint density at radius 3 is 2.33 bits per heavy atom. The van der Waals surface area contributed by atoms with Crippen LogP contribution in [0.3, 0.4) is 0 Å². The first-order chi connectivity index (χ1) is 12.6. The first-order valence-electron chi connectivity index (χ1n) is 8.48. The molecule has 2 amide bonds. The Morgan fingerprint density at radius 1 is 1.15 bits per heavy atom. The highest BCUT2D eigenvalue weighted by atomic mass is 35.5. The van der Waals surface area contributed by atoms with Crippen molar-refractivity contribution in [3.63, 3.8) is 0 Å². The molecule has 0 saturated carbocycles. The fourth-order valence-electron chi connectivity index (χ4n) is 2.25. The lowest BCUT2D eigenvalue weighted by Crippen LogP contribution is -2.25. The van der Waals surface area contributed by atoms with Gasteiger partial charge in [-0.15, -0.1) is 11.3 Å². The summed E-state index contributed by atoms with van der Waals surface area (Å²) in [6.45, 7) is 7.43. The number of esters is 1. The molecule has 0 atom stereocenters. The van der Waals surface area contributed by atoms with Crippen LogP contribution in [0.4, 0.5) is 15.5 Å². The number of urea groups is 1. The number of nitrogens with one attached hydrogen (secondary N) is 2. The van der Waals surface area contributed by atoms with Crippen molar-refractivity contribution in [2.45, 2.75) is 46.1 Å². The van der Waals surface area contributed by atoms with Gasteiger partial charge in [-0.1, -0.05) is 42.6 Å². The monoisotopic (exact) mass is 428 g/mol. The zero-order valence-electron chi connectivity index (χ0n) is 15.6. The summed E-state index contributed by atoms with van der Waals surface area (Å²) in [5.74, 6) is -0.479. The fourth-order valence-corrected chi connectivity index (χ4v) is 3.89. The molecule has 2 rings (SSSR count). The Balaban J connectivity index is 2.23. The maximum absolute atomic E-state index is 12.5. The Hall–Kier alpha value is -1.76. The van der Waals surface area contributed by atoms with Crippen LogP contribution in [0, 0.1) is 0 Å². The second kappa shape index (κ2) is 8.95. The Bertz CT molecular complexity index is 824. The SMILES string of the molecule is CCCc1cc(C(=O)OC(C)(C)C)c(NC(=O)Nc2c(Cl)cccc2Cl)s1. The van der Waals surface area contributed by atoms with Crippen LogP contribution in [-0.2, 0) is 11.2 Å². The van der Waals surface area contributed by atoms with Gasteiger partial charge in [0.25, 0.3) is 0 Å². The summed E-state index contributed by atoms with van der Waals surface area (Å²) in [7, 11) is 0. The van der Waals surface area contributed by atoms with E-state index in [1.807, 2.05) is 6.92 Å². The van der Waals surface area contributed by atoms with E-state index in [9.17, 15) is 9.59 Å². The molecule has 0 bridgehead atoms. The van der Waals surface area contributed by atoms with Gasteiger partial charge in [-0.2, -0.15) is 0 Å². The quantitative estimate of drug-likeness (QED) is 0.526. The third kappa shape index (κ3) is 6.13. The number of para-hydroxylation sites is 1. The molecule has 1 aromatic heterocycles. The number of benzene rings is 1. The summed E-state index contributed by atoms with van der Waals surface area (Å²) in [5.41, 5.74) is 0.00967. The minimum atomic E-state index is -0.630. The van der Waals surface area contributed by atoms with Crippen molar-refractivity contribution in [3.8, 4) is 0 Å². The number of halogens is 2. The van der Waals surface area contributed by atoms with Crippen LogP contribution in [0.2, 0.25) is 10.0 Å². The van der Waals surface area contributed by atoms with E-state index < -0.39 is 17.6 Å². The Kier molecular flexibility index (Phi) is 7.14. The van der Waals surface area contributed by atoms with Gasteiger partial charge in [0.15, 0.2) is 0 Å². The van der Waals surface area contributed by atoms with Gasteiger partial charge in [0.2, 0.25) is 0 Å². The van der Waals surface area contributed by atoms with Crippen molar-refractivity contribution in [1.82, 2.24) is 0 Å². The summed E-state index contributed by atoms with van der Waals surface area (Å²) >= 11 is 13.5. The number of hydrogen-bond acceptors (Lipinski definition) is 4. The summed E-state index contributed by atoms with van der Waals surface area (Å²) in [5, 5.41) is 6.40. The molecular weight excluding hydrogens is 407 g/mol. The zero-order chi connectivity index (χ0) is 20.2.